The fourth-order valence-electron chi connectivity index (χ4n) is 1.21. The second-order valence-corrected chi connectivity index (χ2v) is 5.68. The average Bonchev–Trinajstić information content (AvgIpc) is 2.31. The van der Waals surface area contributed by atoms with Gasteiger partial charge in [-0.3, -0.25) is 0 Å². The molecule has 0 aliphatic heterocycles. The molecule has 1 rings (SSSR count). The highest BCUT2D eigenvalue weighted by molar-refractivity contribution is 6.41. The van der Waals surface area contributed by atoms with Crippen LogP contribution in [-0.2, 0) is 4.74 Å². The number of pyridine rings is 1. The van der Waals surface area contributed by atoms with Crippen LogP contribution >= 0.6 is 23.2 Å². The fourth-order valence-corrected chi connectivity index (χ4v) is 1.53. The molecule has 0 aliphatic carbocycles. The van der Waals surface area contributed by atoms with Crippen molar-refractivity contribution in [3.05, 3.63) is 28.0 Å². The summed E-state index contributed by atoms with van der Waals surface area (Å²) in [6.07, 6.45) is 1.57. The molecule has 1 N–H and O–H groups in total. The Bertz CT molecular complexity index is 542. The highest BCUT2D eigenvalue weighted by atomic mass is 35.5. The summed E-state index contributed by atoms with van der Waals surface area (Å²) in [5.74, 6) is 5.77. The minimum atomic E-state index is -0.503. The molecule has 6 heteroatoms. The van der Waals surface area contributed by atoms with Crippen molar-refractivity contribution in [1.29, 1.82) is 0 Å². The third-order valence-electron chi connectivity index (χ3n) is 1.99. The van der Waals surface area contributed by atoms with Crippen LogP contribution in [0.4, 0.5) is 4.79 Å². The lowest BCUT2D eigenvalue weighted by Gasteiger charge is -2.19. The molecule has 0 saturated heterocycles. The number of rotatable bonds is 2. The van der Waals surface area contributed by atoms with Crippen molar-refractivity contribution in [2.24, 2.45) is 0 Å². The van der Waals surface area contributed by atoms with Crippen molar-refractivity contribution in [2.75, 3.05) is 6.54 Å². The molecule has 1 amide bonds. The molecule has 0 spiro atoms. The molecule has 0 aromatic carbocycles. The van der Waals surface area contributed by atoms with Gasteiger partial charge < -0.3 is 10.1 Å². The van der Waals surface area contributed by atoms with Crippen LogP contribution in [0.15, 0.2) is 12.3 Å². The number of amides is 1. The number of aromatic nitrogens is 1. The lowest BCUT2D eigenvalue weighted by molar-refractivity contribution is 0.0529. The zero-order valence-corrected chi connectivity index (χ0v) is 13.1. The van der Waals surface area contributed by atoms with Crippen molar-refractivity contribution in [3.8, 4) is 11.8 Å². The van der Waals surface area contributed by atoms with E-state index in [1.807, 2.05) is 20.8 Å². The van der Waals surface area contributed by atoms with Crippen molar-refractivity contribution in [2.45, 2.75) is 32.8 Å². The van der Waals surface area contributed by atoms with Crippen LogP contribution in [-0.4, -0.2) is 23.2 Å². The number of hydrogen-bond acceptors (Lipinski definition) is 3. The minimum Gasteiger partial charge on any atom is -0.444 e. The zero-order valence-electron chi connectivity index (χ0n) is 11.6. The monoisotopic (exact) mass is 314 g/mol. The first-order valence-corrected chi connectivity index (χ1v) is 6.81. The molecule has 1 aromatic rings. The van der Waals surface area contributed by atoms with Gasteiger partial charge in [0.2, 0.25) is 0 Å². The zero-order chi connectivity index (χ0) is 15.2. The van der Waals surface area contributed by atoms with Gasteiger partial charge in [-0.25, -0.2) is 9.78 Å². The van der Waals surface area contributed by atoms with Gasteiger partial charge in [0.25, 0.3) is 0 Å². The maximum Gasteiger partial charge on any atom is 0.407 e. The van der Waals surface area contributed by atoms with Crippen LogP contribution < -0.4 is 5.32 Å². The van der Waals surface area contributed by atoms with Crippen LogP contribution in [0.2, 0.25) is 10.2 Å². The van der Waals surface area contributed by atoms with Gasteiger partial charge in [-0.2, -0.15) is 0 Å². The summed E-state index contributed by atoms with van der Waals surface area (Å²) in [5.41, 5.74) is 0.112. The van der Waals surface area contributed by atoms with Gasteiger partial charge >= 0.3 is 6.09 Å². The van der Waals surface area contributed by atoms with Crippen LogP contribution in [0.3, 0.4) is 0 Å². The van der Waals surface area contributed by atoms with E-state index in [-0.39, 0.29) is 5.15 Å². The lowest BCUT2D eigenvalue weighted by Crippen LogP contribution is -2.32. The van der Waals surface area contributed by atoms with Crippen molar-refractivity contribution in [3.63, 3.8) is 0 Å². The Morgan fingerprint density at radius 1 is 1.45 bits per heavy atom. The number of nitrogens with zero attached hydrogens (tertiary/aromatic N) is 1. The lowest BCUT2D eigenvalue weighted by atomic mass is 10.2. The van der Waals surface area contributed by atoms with Crippen LogP contribution in [0.5, 0.6) is 0 Å². The molecule has 1 aromatic heterocycles. The second-order valence-electron chi connectivity index (χ2n) is 4.94. The first kappa shape index (κ1) is 16.6. The van der Waals surface area contributed by atoms with E-state index in [1.54, 1.807) is 6.07 Å². The summed E-state index contributed by atoms with van der Waals surface area (Å²) >= 11 is 11.7. The predicted octanol–water partition coefficient (Wildman–Crippen LogP) is 3.65. The Hall–Kier alpha value is -1.44. The Balaban J connectivity index is 2.41. The molecule has 0 unspecified atom stereocenters. The number of carbonyl (C=O) groups is 1. The highest BCUT2D eigenvalue weighted by Crippen LogP contribution is 2.22. The van der Waals surface area contributed by atoms with Gasteiger partial charge in [0.05, 0.1) is 5.02 Å². The van der Waals surface area contributed by atoms with Crippen LogP contribution in [0, 0.1) is 11.8 Å². The number of ether oxygens (including phenoxy) is 1. The van der Waals surface area contributed by atoms with Gasteiger partial charge in [0.15, 0.2) is 0 Å². The summed E-state index contributed by atoms with van der Waals surface area (Å²) in [6.45, 7) is 5.82. The molecular formula is C14H16Cl2N2O2. The van der Waals surface area contributed by atoms with Crippen LogP contribution in [0.25, 0.3) is 0 Å². The molecule has 0 fully saturated rings. The van der Waals surface area contributed by atoms with E-state index in [0.29, 0.717) is 23.6 Å². The number of halogens is 2. The number of hydrogen-bond donors (Lipinski definition) is 1. The van der Waals surface area contributed by atoms with Crippen LogP contribution in [0.1, 0.15) is 32.8 Å². The minimum absolute atomic E-state index is 0.227. The first-order valence-electron chi connectivity index (χ1n) is 6.05. The SMILES string of the molecule is CC(C)(C)OC(=O)NCCC#Cc1ccnc(Cl)c1Cl. The molecule has 108 valence electrons. The summed E-state index contributed by atoms with van der Waals surface area (Å²) in [7, 11) is 0. The average molecular weight is 315 g/mol. The normalized spacial score (nSPS) is 10.4. The topological polar surface area (TPSA) is 51.2 Å². The summed E-state index contributed by atoms with van der Waals surface area (Å²) < 4.78 is 5.09. The maximum absolute atomic E-state index is 11.4. The summed E-state index contributed by atoms with van der Waals surface area (Å²) in [6, 6.07) is 1.68. The smallest absolute Gasteiger partial charge is 0.407 e. The van der Waals surface area contributed by atoms with Crippen molar-refractivity contribution in [1.82, 2.24) is 10.3 Å². The molecule has 0 aliphatic rings. The largest absolute Gasteiger partial charge is 0.444 e. The quantitative estimate of drug-likeness (QED) is 0.515. The first-order chi connectivity index (χ1) is 9.29. The summed E-state index contributed by atoms with van der Waals surface area (Å²) in [4.78, 5) is 15.2. The molecule has 0 saturated carbocycles. The van der Waals surface area contributed by atoms with E-state index in [0.717, 1.165) is 0 Å². The third-order valence-corrected chi connectivity index (χ3v) is 2.75. The van der Waals surface area contributed by atoms with Crippen molar-refractivity contribution < 1.29 is 9.53 Å². The van der Waals surface area contributed by atoms with E-state index in [4.69, 9.17) is 27.9 Å². The summed E-state index contributed by atoms with van der Waals surface area (Å²) in [5, 5.41) is 3.18. The second kappa shape index (κ2) is 7.37. The van der Waals surface area contributed by atoms with E-state index in [1.165, 1.54) is 6.20 Å². The third kappa shape index (κ3) is 6.14. The number of carbonyl (C=O) groups excluding carboxylic acids is 1. The molecule has 1 heterocycles. The number of nitrogens with one attached hydrogen (secondary N) is 1. The Morgan fingerprint density at radius 2 is 2.15 bits per heavy atom. The van der Waals surface area contributed by atoms with Gasteiger partial charge in [-0.15, -0.1) is 0 Å². The van der Waals surface area contributed by atoms with Gasteiger partial charge in [0, 0.05) is 24.7 Å². The van der Waals surface area contributed by atoms with E-state index >= 15 is 0 Å². The fraction of sp³-hybridized carbons (Fsp3) is 0.429. The predicted molar refractivity (Wildman–Crippen MR) is 80.0 cm³/mol. The molecule has 0 radical (unpaired) electrons. The number of alkyl carbamates (subject to hydrolysis) is 1. The molecular weight excluding hydrogens is 299 g/mol. The Labute approximate surface area is 128 Å². The van der Waals surface area contributed by atoms with E-state index < -0.39 is 11.7 Å². The van der Waals surface area contributed by atoms with E-state index in [9.17, 15) is 4.79 Å². The molecule has 4 nitrogen and oxygen atoms in total. The molecule has 20 heavy (non-hydrogen) atoms. The Morgan fingerprint density at radius 3 is 2.80 bits per heavy atom. The van der Waals surface area contributed by atoms with Gasteiger partial charge in [-0.1, -0.05) is 35.0 Å². The van der Waals surface area contributed by atoms with Gasteiger partial charge in [-0.05, 0) is 26.8 Å². The van der Waals surface area contributed by atoms with Crippen molar-refractivity contribution >= 4 is 29.3 Å². The van der Waals surface area contributed by atoms with E-state index in [2.05, 4.69) is 22.1 Å². The maximum atomic E-state index is 11.4. The molecule has 0 atom stereocenters. The highest BCUT2D eigenvalue weighted by Gasteiger charge is 2.15. The standard InChI is InChI=1S/C14H16Cl2N2O2/c1-14(2,3)20-13(19)18-8-5-4-6-10-7-9-17-12(16)11(10)15/h7,9H,5,8H2,1-3H3,(H,18,19). The van der Waals surface area contributed by atoms with Gasteiger partial charge in [0.1, 0.15) is 10.8 Å². The Kier molecular flexibility index (Phi) is 6.12. The molecule has 0 bridgehead atoms.